The normalized spacial score (nSPS) is 10.7. The third-order valence-electron chi connectivity index (χ3n) is 9.03. The van der Waals surface area contributed by atoms with Crippen LogP contribution in [0.4, 0.5) is 52.5 Å². The summed E-state index contributed by atoms with van der Waals surface area (Å²) >= 11 is 0. The van der Waals surface area contributed by atoms with E-state index in [9.17, 15) is 33.1 Å². The summed E-state index contributed by atoms with van der Waals surface area (Å²) in [6.07, 6.45) is 3.43. The van der Waals surface area contributed by atoms with Crippen LogP contribution in [-0.4, -0.2) is 103 Å². The number of para-hydroxylation sites is 1. The summed E-state index contributed by atoms with van der Waals surface area (Å²) in [7, 11) is -8.07. The summed E-state index contributed by atoms with van der Waals surface area (Å²) in [5.41, 5.74) is 3.81. The van der Waals surface area contributed by atoms with Crippen LogP contribution in [0.1, 0.15) is 32.9 Å². The molecule has 2 aromatic heterocycles. The van der Waals surface area contributed by atoms with Crippen molar-refractivity contribution in [1.82, 2.24) is 29.9 Å². The molecule has 0 aliphatic rings. The first-order chi connectivity index (χ1) is 32.2. The first-order valence-electron chi connectivity index (χ1n) is 19.8. The summed E-state index contributed by atoms with van der Waals surface area (Å²) < 4.78 is 63.0. The molecule has 7 N–H and O–H groups in total. The molecule has 21 nitrogen and oxygen atoms in total. The van der Waals surface area contributed by atoms with Gasteiger partial charge in [0.2, 0.25) is 29.7 Å². The first kappa shape index (κ1) is 55.4. The molecule has 0 fully saturated rings. The van der Waals surface area contributed by atoms with Crippen molar-refractivity contribution in [3.63, 3.8) is 0 Å². The number of aromatic carboxylic acids is 1. The number of aromatic nitrogens is 6. The van der Waals surface area contributed by atoms with Gasteiger partial charge in [0.1, 0.15) is 15.9 Å². The van der Waals surface area contributed by atoms with E-state index in [1.807, 2.05) is 60.7 Å². The number of nitrogens with zero attached hydrogens (tertiary/aromatic N) is 7. The second kappa shape index (κ2) is 27.1. The molecule has 0 amide bonds. The Labute approximate surface area is 441 Å². The maximum absolute atomic E-state index is 12.5. The molecule has 0 aliphatic carbocycles. The Morgan fingerprint density at radius 2 is 1.16 bits per heavy atom. The molecule has 0 aliphatic heterocycles. The second-order valence-electron chi connectivity index (χ2n) is 13.8. The number of carboxylic acids is 1. The summed E-state index contributed by atoms with van der Waals surface area (Å²) in [4.78, 5) is 39.4. The third-order valence-corrected chi connectivity index (χ3v) is 9.92. The Morgan fingerprint density at radius 3 is 1.70 bits per heavy atom. The van der Waals surface area contributed by atoms with E-state index >= 15 is 0 Å². The van der Waals surface area contributed by atoms with Crippen LogP contribution in [0.25, 0.3) is 12.2 Å². The summed E-state index contributed by atoms with van der Waals surface area (Å²) in [5, 5.41) is 40.9. The maximum atomic E-state index is 12.5. The van der Waals surface area contributed by atoms with Gasteiger partial charge in [-0.05, 0) is 65.3 Å². The Morgan fingerprint density at radius 1 is 0.652 bits per heavy atom. The number of hydrogen-bond donors (Lipinski definition) is 7. The van der Waals surface area contributed by atoms with Gasteiger partial charge < -0.3 is 46.0 Å². The molecule has 0 spiro atoms. The standard InChI is InChI=1S/C44H40N11O7S.2Na.O3S/c56-25-23-55(24-26-57)44-50-38(27-30-7-3-1-4-8-30)49-40(54-44)48-36-22-15-31(37(28-36)63(60,61)62)14-11-29-12-18-34(19-13-29)46-42-51-41(45-33-9-5-2-6-10-33)52-43(53-42)47-35-20-16-32(17-21-35)39(58)59;;;1-4(2)3/h1-12,14-22,28,56-57H,23-27H2,(H,58,59)(H,60,61,62)(H,48,49,50,54)(H3,45,46,47,51,52,53);;;/q-1;2*+1;/p-1/b14-11+;;;. The van der Waals surface area contributed by atoms with Crippen molar-refractivity contribution in [3.05, 3.63) is 155 Å². The van der Waals surface area contributed by atoms with Crippen LogP contribution in [0, 0.1) is 6.07 Å². The molecule has 7 rings (SSSR count). The second-order valence-corrected chi connectivity index (χ2v) is 15.6. The van der Waals surface area contributed by atoms with Crippen molar-refractivity contribution in [3.8, 4) is 0 Å². The van der Waals surface area contributed by atoms with Gasteiger partial charge in [-0.2, -0.15) is 35.5 Å². The number of carbonyl (C=O) groups is 1. The van der Waals surface area contributed by atoms with E-state index < -0.39 is 31.6 Å². The number of carboxylic acid groups (broad SMARTS) is 1. The molecule has 0 atom stereocenters. The number of aliphatic hydroxyl groups is 2. The average Bonchev–Trinajstić information content (AvgIpc) is 3.29. The smallest absolute Gasteiger partial charge is 0.744 e. The molecule has 344 valence electrons. The van der Waals surface area contributed by atoms with Crippen LogP contribution >= 0.6 is 0 Å². The molecule has 0 radical (unpaired) electrons. The Hall–Kier alpha value is -6.22. The molecule has 7 aromatic rings. The van der Waals surface area contributed by atoms with Crippen LogP contribution in [-0.2, 0) is 27.1 Å². The van der Waals surface area contributed by atoms with Gasteiger partial charge in [-0.25, -0.2) is 13.2 Å². The zero-order valence-electron chi connectivity index (χ0n) is 36.9. The zero-order valence-corrected chi connectivity index (χ0v) is 42.5. The van der Waals surface area contributed by atoms with Crippen LogP contribution in [0.5, 0.6) is 0 Å². The van der Waals surface area contributed by atoms with E-state index in [0.717, 1.165) is 11.3 Å². The molecule has 25 heteroatoms. The van der Waals surface area contributed by atoms with E-state index in [-0.39, 0.29) is 132 Å². The van der Waals surface area contributed by atoms with Crippen LogP contribution in [0.2, 0.25) is 0 Å². The van der Waals surface area contributed by atoms with E-state index in [4.69, 9.17) is 12.6 Å². The Bertz CT molecular complexity index is 3050. The molecule has 0 saturated heterocycles. The van der Waals surface area contributed by atoms with Gasteiger partial charge >= 0.3 is 75.7 Å². The number of anilines is 9. The molecule has 0 unspecified atom stereocenters. The summed E-state index contributed by atoms with van der Waals surface area (Å²) in [6.45, 7) is -0.144. The van der Waals surface area contributed by atoms with Gasteiger partial charge in [0, 0.05) is 36.6 Å². The van der Waals surface area contributed by atoms with E-state index in [1.54, 1.807) is 47.4 Å². The average molecular weight is 992 g/mol. The Kier molecular flexibility index (Phi) is 21.7. The molecule has 69 heavy (non-hydrogen) atoms. The predicted molar refractivity (Wildman–Crippen MR) is 247 cm³/mol. The van der Waals surface area contributed by atoms with E-state index in [2.05, 4.69) is 57.2 Å². The van der Waals surface area contributed by atoms with Crippen molar-refractivity contribution in [1.29, 1.82) is 0 Å². The van der Waals surface area contributed by atoms with Gasteiger partial charge in [-0.3, -0.25) is 0 Å². The number of aliphatic hydroxyl groups excluding tert-OH is 2. The third kappa shape index (κ3) is 17.7. The van der Waals surface area contributed by atoms with Gasteiger partial charge in [0.25, 0.3) is 0 Å². The van der Waals surface area contributed by atoms with Crippen molar-refractivity contribution >= 4 is 91.3 Å². The fraction of sp³-hybridized carbons (Fsp3) is 0.114. The minimum absolute atomic E-state index is 0. The van der Waals surface area contributed by atoms with Gasteiger partial charge in [0.15, 0.2) is 0 Å². The van der Waals surface area contributed by atoms with Gasteiger partial charge in [-0.15, -0.1) is 43.0 Å². The maximum Gasteiger partial charge on any atom is 1.00 e. The molecule has 5 aromatic carbocycles. The van der Waals surface area contributed by atoms with Crippen molar-refractivity contribution < 1.29 is 105 Å². The quantitative estimate of drug-likeness (QED) is 0.0221. The van der Waals surface area contributed by atoms with Crippen LogP contribution in [0.15, 0.2) is 126 Å². The molecular weight excluding hydrogens is 953 g/mol. The zero-order chi connectivity index (χ0) is 47.8. The topological polar surface area (TPSA) is 315 Å². The summed E-state index contributed by atoms with van der Waals surface area (Å²) in [6, 6.07) is 37.3. The van der Waals surface area contributed by atoms with E-state index in [0.29, 0.717) is 29.2 Å². The van der Waals surface area contributed by atoms with Crippen molar-refractivity contribution in [2.45, 2.75) is 11.3 Å². The fourth-order valence-electron chi connectivity index (χ4n) is 6.06. The predicted octanol–water partition coefficient (Wildman–Crippen LogP) is -1.01. The van der Waals surface area contributed by atoms with Crippen LogP contribution < -0.4 is 85.3 Å². The fourth-order valence-corrected chi connectivity index (χ4v) is 6.75. The number of nitrogens with one attached hydrogen (secondary N) is 4. The molecule has 0 bridgehead atoms. The molecule has 0 saturated carbocycles. The molecule has 2 heterocycles. The monoisotopic (exact) mass is 991 g/mol. The van der Waals surface area contributed by atoms with Crippen molar-refractivity contribution in [2.75, 3.05) is 52.5 Å². The minimum atomic E-state index is -4.96. The minimum Gasteiger partial charge on any atom is -0.744 e. The van der Waals surface area contributed by atoms with Gasteiger partial charge in [-0.1, -0.05) is 60.7 Å². The largest absolute Gasteiger partial charge is 1.00 e. The van der Waals surface area contributed by atoms with E-state index in [1.165, 1.54) is 30.3 Å². The molecular formula is C44H39N11Na2O10S2. The van der Waals surface area contributed by atoms with Gasteiger partial charge in [0.05, 0.1) is 23.7 Å². The Balaban J connectivity index is 0.00000166. The van der Waals surface area contributed by atoms with Crippen molar-refractivity contribution in [2.24, 2.45) is 0 Å². The number of hydrogen-bond acceptors (Lipinski definition) is 20. The number of benzene rings is 5. The first-order valence-corrected chi connectivity index (χ1v) is 22.2. The summed E-state index contributed by atoms with van der Waals surface area (Å²) in [5.74, 6) is 0.170. The SMILES string of the molecule is O=C(O)c1ccc(Nc2nc(Nc3c[c-]c(/C=C/c4ccc(Nc5nc(Cc6ccccc6)nc(N(CCO)CCO)n5)cc4S(=O)(=O)[O-])cc3)nc(Nc3ccccc3)n2)cc1.O=S(=O)=O.[Na+].[Na+]. The number of rotatable bonds is 19. The van der Waals surface area contributed by atoms with Crippen LogP contribution in [0.3, 0.4) is 0 Å².